The van der Waals surface area contributed by atoms with Gasteiger partial charge in [0.2, 0.25) is 0 Å². The van der Waals surface area contributed by atoms with Crippen molar-refractivity contribution in [2.45, 2.75) is 26.5 Å². The molecule has 5 heterocycles. The molecule has 0 atom stereocenters. The van der Waals surface area contributed by atoms with Crippen LogP contribution in [0.15, 0.2) is 171 Å². The summed E-state index contributed by atoms with van der Waals surface area (Å²) in [7, 11) is 0. The van der Waals surface area contributed by atoms with Crippen molar-refractivity contribution in [3.05, 3.63) is 157 Å². The van der Waals surface area contributed by atoms with Gasteiger partial charge in [0, 0.05) is 80.1 Å². The molecule has 11 aromatic rings. The number of nitrogens with zero attached hydrogens (tertiary/aromatic N) is 5. The number of aromatic nitrogens is 5. The molecule has 316 valence electrons. The second-order valence-corrected chi connectivity index (χ2v) is 20.6. The van der Waals surface area contributed by atoms with E-state index in [9.17, 15) is 0 Å². The number of thioether (sulfide) groups is 4. The SMILES string of the molecule is CSc1ccc2c(c1)c1cc(SC)cc3c1n2B1c2c(cc(-c4cccc(-c5nc(-c6ccccc6)nc(-c6ccccc6)n5)c4)c(C)c2-3)-n2c3ccc(SC)cc3c3cc(SC)cc1c32. The van der Waals surface area contributed by atoms with E-state index in [2.05, 4.69) is 156 Å². The minimum Gasteiger partial charge on any atom is -0.375 e. The highest BCUT2D eigenvalue weighted by Crippen LogP contribution is 2.48. The van der Waals surface area contributed by atoms with Gasteiger partial charge in [-0.15, -0.1) is 47.0 Å². The van der Waals surface area contributed by atoms with Crippen molar-refractivity contribution in [3.63, 3.8) is 0 Å². The van der Waals surface area contributed by atoms with E-state index in [-0.39, 0.29) is 6.85 Å². The molecule has 66 heavy (non-hydrogen) atoms. The lowest BCUT2D eigenvalue weighted by atomic mass is 9.45. The van der Waals surface area contributed by atoms with Crippen LogP contribution < -0.4 is 10.9 Å². The van der Waals surface area contributed by atoms with Gasteiger partial charge in [0.1, 0.15) is 0 Å². The molecule has 0 aliphatic carbocycles. The largest absolute Gasteiger partial charge is 0.375 e. The van der Waals surface area contributed by atoms with Crippen LogP contribution in [0.4, 0.5) is 0 Å². The summed E-state index contributed by atoms with van der Waals surface area (Å²) in [4.78, 5) is 20.4. The molecule has 13 rings (SSSR count). The zero-order valence-corrected chi connectivity index (χ0v) is 40.1. The topological polar surface area (TPSA) is 48.5 Å². The quantitative estimate of drug-likeness (QED) is 0.111. The zero-order chi connectivity index (χ0) is 44.4. The molecule has 0 amide bonds. The first kappa shape index (κ1) is 40.1. The molecular weight excluding hydrogens is 882 g/mol. The summed E-state index contributed by atoms with van der Waals surface area (Å²) in [6.45, 7) is 2.31. The van der Waals surface area contributed by atoms with Crippen molar-refractivity contribution in [1.29, 1.82) is 0 Å². The number of hydrogen-bond acceptors (Lipinski definition) is 7. The molecule has 5 nitrogen and oxygen atoms in total. The van der Waals surface area contributed by atoms with Gasteiger partial charge < -0.3 is 9.05 Å². The molecule has 0 radical (unpaired) electrons. The Bertz CT molecular complexity index is 3790. The lowest BCUT2D eigenvalue weighted by molar-refractivity contribution is 1.07. The monoisotopic (exact) mass is 921 g/mol. The Labute approximate surface area is 400 Å². The first-order valence-corrected chi connectivity index (χ1v) is 26.9. The van der Waals surface area contributed by atoms with Crippen LogP contribution in [0.3, 0.4) is 0 Å². The van der Waals surface area contributed by atoms with Crippen molar-refractivity contribution in [1.82, 2.24) is 24.0 Å². The zero-order valence-electron chi connectivity index (χ0n) is 36.9. The number of rotatable bonds is 8. The lowest BCUT2D eigenvalue weighted by Crippen LogP contribution is -2.55. The van der Waals surface area contributed by atoms with Crippen LogP contribution in [0, 0.1) is 6.92 Å². The van der Waals surface area contributed by atoms with Gasteiger partial charge in [0.15, 0.2) is 17.5 Å². The molecule has 0 saturated carbocycles. The molecule has 8 aromatic carbocycles. The van der Waals surface area contributed by atoms with E-state index < -0.39 is 0 Å². The van der Waals surface area contributed by atoms with E-state index in [1.165, 1.54) is 102 Å². The predicted molar refractivity (Wildman–Crippen MR) is 287 cm³/mol. The summed E-state index contributed by atoms with van der Waals surface area (Å²) in [5.41, 5.74) is 18.1. The van der Waals surface area contributed by atoms with Gasteiger partial charge in [-0.2, -0.15) is 0 Å². The fourth-order valence-corrected chi connectivity index (χ4v) is 12.6. The van der Waals surface area contributed by atoms with Crippen molar-refractivity contribution in [2.75, 3.05) is 25.0 Å². The Morgan fingerprint density at radius 2 is 0.970 bits per heavy atom. The molecular formula is C56H40BN5S4. The molecule has 0 fully saturated rings. The third-order valence-electron chi connectivity index (χ3n) is 13.7. The summed E-state index contributed by atoms with van der Waals surface area (Å²) in [6.07, 6.45) is 8.77. The summed E-state index contributed by atoms with van der Waals surface area (Å²) in [5.74, 6) is 1.95. The molecule has 0 N–H and O–H groups in total. The lowest BCUT2D eigenvalue weighted by Gasteiger charge is -2.36. The molecule has 10 heteroatoms. The Morgan fingerprint density at radius 1 is 0.439 bits per heavy atom. The van der Waals surface area contributed by atoms with Crippen molar-refractivity contribution in [3.8, 4) is 62.1 Å². The average molecular weight is 922 g/mol. The van der Waals surface area contributed by atoms with Crippen LogP contribution in [0.5, 0.6) is 0 Å². The molecule has 0 saturated heterocycles. The fraction of sp³-hybridized carbons (Fsp3) is 0.0893. The third-order valence-corrected chi connectivity index (χ3v) is 16.6. The normalized spacial score (nSPS) is 12.5. The van der Waals surface area contributed by atoms with E-state index in [1.807, 2.05) is 71.7 Å². The predicted octanol–water partition coefficient (Wildman–Crippen LogP) is 13.9. The Kier molecular flexibility index (Phi) is 9.40. The maximum Gasteiger partial charge on any atom is 0.333 e. The van der Waals surface area contributed by atoms with Crippen molar-refractivity contribution >= 4 is 108 Å². The van der Waals surface area contributed by atoms with E-state index in [0.717, 1.165) is 22.3 Å². The van der Waals surface area contributed by atoms with E-state index in [0.29, 0.717) is 17.5 Å². The van der Waals surface area contributed by atoms with E-state index >= 15 is 0 Å². The summed E-state index contributed by atoms with van der Waals surface area (Å²) < 4.78 is 5.29. The second kappa shape index (κ2) is 15.5. The molecule has 2 aliphatic rings. The highest BCUT2D eigenvalue weighted by molar-refractivity contribution is 7.99. The van der Waals surface area contributed by atoms with E-state index in [1.54, 1.807) is 11.8 Å². The summed E-state index contributed by atoms with van der Waals surface area (Å²) in [5, 5.41) is 5.22. The first-order valence-electron chi connectivity index (χ1n) is 22.0. The standard InChI is InChI=1S/C56H40BN5S4/c1-31-40(34-17-12-18-35(23-34)56-59-54(32-13-8-6-9-14-32)58-55(60-56)33-15-10-7-11-16-33)30-49-51-50(31)45-28-38(65-4)26-43-42-25-37(64-3)20-22-48(42)62(52(43)45)57(51)46-29-39(66-5)27-44-41-24-36(63-2)19-21-47(41)61(49)53(44)46/h6-30H,1-5H3. The van der Waals surface area contributed by atoms with Gasteiger partial charge in [0.05, 0.1) is 11.0 Å². The highest BCUT2D eigenvalue weighted by atomic mass is 32.2. The van der Waals surface area contributed by atoms with E-state index in [4.69, 9.17) is 15.0 Å². The van der Waals surface area contributed by atoms with Crippen LogP contribution in [0.2, 0.25) is 0 Å². The van der Waals surface area contributed by atoms with Crippen LogP contribution in [-0.2, 0) is 0 Å². The number of fused-ring (bicyclic) bond motifs is 10. The molecule has 0 spiro atoms. The second-order valence-electron chi connectivity index (χ2n) is 17.0. The minimum atomic E-state index is -0.0358. The summed E-state index contributed by atoms with van der Waals surface area (Å²) in [6, 6.07) is 55.7. The van der Waals surface area contributed by atoms with Crippen LogP contribution >= 0.6 is 47.0 Å². The van der Waals surface area contributed by atoms with Gasteiger partial charge in [0.25, 0.3) is 0 Å². The van der Waals surface area contributed by atoms with Gasteiger partial charge >= 0.3 is 6.85 Å². The smallest absolute Gasteiger partial charge is 0.333 e. The number of hydrogen-bond donors (Lipinski definition) is 0. The van der Waals surface area contributed by atoms with Crippen LogP contribution in [0.1, 0.15) is 5.56 Å². The van der Waals surface area contributed by atoms with Gasteiger partial charge in [-0.05, 0) is 138 Å². The minimum absolute atomic E-state index is 0.0358. The maximum atomic E-state index is 5.15. The van der Waals surface area contributed by atoms with Gasteiger partial charge in [-0.1, -0.05) is 78.9 Å². The molecule has 0 unspecified atom stereocenters. The van der Waals surface area contributed by atoms with Crippen LogP contribution in [-0.4, -0.2) is 55.9 Å². The summed E-state index contributed by atoms with van der Waals surface area (Å²) >= 11 is 7.27. The molecule has 0 bridgehead atoms. The Balaban J connectivity index is 1.13. The Morgan fingerprint density at radius 3 is 1.61 bits per heavy atom. The van der Waals surface area contributed by atoms with Gasteiger partial charge in [-0.3, -0.25) is 0 Å². The van der Waals surface area contributed by atoms with Crippen molar-refractivity contribution < 1.29 is 0 Å². The fourth-order valence-electron chi connectivity index (χ4n) is 10.8. The highest BCUT2D eigenvalue weighted by Gasteiger charge is 2.43. The van der Waals surface area contributed by atoms with Crippen LogP contribution in [0.25, 0.3) is 106 Å². The first-order chi connectivity index (χ1) is 32.4. The van der Waals surface area contributed by atoms with Gasteiger partial charge in [-0.25, -0.2) is 15.0 Å². The number of benzene rings is 8. The van der Waals surface area contributed by atoms with Crippen molar-refractivity contribution in [2.24, 2.45) is 0 Å². The third kappa shape index (κ3) is 5.91. The Hall–Kier alpha value is -6.17. The molecule has 3 aromatic heterocycles. The maximum absolute atomic E-state index is 5.15. The average Bonchev–Trinajstić information content (AvgIpc) is 3.89. The molecule has 2 aliphatic heterocycles.